The number of carboxylic acids is 1. The molecule has 1 aromatic rings. The van der Waals surface area contributed by atoms with Crippen LogP contribution in [0.5, 0.6) is 11.5 Å². The maximum absolute atomic E-state index is 13.7. The Morgan fingerprint density at radius 3 is 2.39 bits per heavy atom. The first-order valence-corrected chi connectivity index (χ1v) is 13.3. The zero-order valence-electron chi connectivity index (χ0n) is 22.1. The number of β-lactam (4-membered cyclic amide) rings is 1. The fourth-order valence-electron chi connectivity index (χ4n) is 5.09. The Hall–Kier alpha value is -4.54. The molecule has 0 spiro atoms. The van der Waals surface area contributed by atoms with Crippen LogP contribution in [0.3, 0.4) is 0 Å². The van der Waals surface area contributed by atoms with Gasteiger partial charge in [-0.05, 0) is 38.5 Å². The van der Waals surface area contributed by atoms with Crippen LogP contribution in [0.15, 0.2) is 18.2 Å². The molecule has 17 heteroatoms. The van der Waals surface area contributed by atoms with E-state index in [1.807, 2.05) is 0 Å². The average molecular weight is 593 g/mol. The van der Waals surface area contributed by atoms with Crippen LogP contribution in [0, 0.1) is 0 Å². The Morgan fingerprint density at radius 2 is 1.80 bits per heavy atom. The van der Waals surface area contributed by atoms with Gasteiger partial charge in [0, 0.05) is 24.4 Å². The van der Waals surface area contributed by atoms with Gasteiger partial charge >= 0.3 is 23.8 Å². The number of piperazine rings is 1. The number of hydrogen-bond acceptors (Lipinski definition) is 10. The fourth-order valence-corrected chi connectivity index (χ4v) is 6.75. The van der Waals surface area contributed by atoms with Crippen LogP contribution in [0.2, 0.25) is 0 Å². The number of rotatable bonds is 8. The molecule has 4 rings (SSSR count). The van der Waals surface area contributed by atoms with E-state index in [1.54, 1.807) is 20.8 Å². The third-order valence-corrected chi connectivity index (χ3v) is 8.82. The number of likely N-dealkylation sites (N-methyl/N-ethyl adjacent to an activating group) is 1. The van der Waals surface area contributed by atoms with E-state index in [4.69, 9.17) is 0 Å². The number of fused-ring (bicyclic) bond motifs is 1. The molecule has 6 N–H and O–H groups in total. The van der Waals surface area contributed by atoms with Gasteiger partial charge in [-0.3, -0.25) is 28.9 Å². The molecule has 0 saturated carbocycles. The van der Waals surface area contributed by atoms with Crippen molar-refractivity contribution >= 4 is 53.8 Å². The van der Waals surface area contributed by atoms with Crippen LogP contribution in [0.1, 0.15) is 32.4 Å². The molecule has 0 aromatic heterocycles. The fraction of sp³-hybridized carbons (Fsp3) is 0.458. The second kappa shape index (κ2) is 10.5. The Balaban J connectivity index is 1.65. The first-order valence-electron chi connectivity index (χ1n) is 12.4. The largest absolute Gasteiger partial charge is 0.504 e. The van der Waals surface area contributed by atoms with E-state index in [0.29, 0.717) is 4.90 Å². The van der Waals surface area contributed by atoms with Crippen molar-refractivity contribution in [1.82, 2.24) is 30.7 Å². The number of carbonyl (C=O) groups is 7. The van der Waals surface area contributed by atoms with Gasteiger partial charge in [-0.1, -0.05) is 6.07 Å². The molecular weight excluding hydrogens is 564 g/mol. The molecule has 16 nitrogen and oxygen atoms in total. The lowest BCUT2D eigenvalue weighted by Gasteiger charge is -2.52. The lowest BCUT2D eigenvalue weighted by Crippen LogP contribution is -2.85. The zero-order valence-corrected chi connectivity index (χ0v) is 22.9. The van der Waals surface area contributed by atoms with Crippen LogP contribution in [-0.2, 0) is 28.8 Å². The summed E-state index contributed by atoms with van der Waals surface area (Å²) in [5.74, 6) is -6.52. The van der Waals surface area contributed by atoms with E-state index in [-0.39, 0.29) is 31.6 Å². The number of carboxylic acid groups (broad SMARTS) is 1. The molecule has 3 aliphatic rings. The van der Waals surface area contributed by atoms with Crippen LogP contribution in [-0.4, -0.2) is 114 Å². The first-order chi connectivity index (χ1) is 19.2. The van der Waals surface area contributed by atoms with Gasteiger partial charge in [-0.2, -0.15) is 0 Å². The molecule has 0 radical (unpaired) electrons. The molecule has 220 valence electrons. The molecule has 0 bridgehead atoms. The number of aliphatic carboxylic acids is 1. The minimum absolute atomic E-state index is 0.0570. The Morgan fingerprint density at radius 1 is 1.12 bits per heavy atom. The number of phenolic OH excluding ortho intramolecular Hbond substituents is 2. The van der Waals surface area contributed by atoms with Gasteiger partial charge in [-0.25, -0.2) is 9.59 Å². The summed E-state index contributed by atoms with van der Waals surface area (Å²) in [5.41, 5.74) is -2.18. The van der Waals surface area contributed by atoms with Crippen LogP contribution in [0.4, 0.5) is 4.79 Å². The lowest BCUT2D eigenvalue weighted by molar-refractivity contribution is -0.172. The number of thioether (sulfide) groups is 1. The summed E-state index contributed by atoms with van der Waals surface area (Å²) in [4.78, 5) is 91.4. The van der Waals surface area contributed by atoms with Crippen molar-refractivity contribution in [3.05, 3.63) is 23.8 Å². The molecule has 1 aromatic carbocycles. The second-order valence-electron chi connectivity index (χ2n) is 10.1. The SMILES string of the molecule is CCN1CCN(C(=O)N[C@H](C(=O)N[C@@]2(NC=O)C(=O)N3[C@@H](C(=O)O)C(C)(C)S[C@@H]32)c2ccc(O)c(O)c2)C(=O)C1=O. The average Bonchev–Trinajstić information content (AvgIpc) is 3.18. The van der Waals surface area contributed by atoms with Gasteiger partial charge in [0.05, 0.1) is 0 Å². The summed E-state index contributed by atoms with van der Waals surface area (Å²) in [6.45, 7) is 4.97. The van der Waals surface area contributed by atoms with Gasteiger partial charge in [0.15, 0.2) is 11.5 Å². The molecule has 7 amide bonds. The van der Waals surface area contributed by atoms with E-state index < -0.39 is 75.0 Å². The predicted molar refractivity (Wildman–Crippen MR) is 139 cm³/mol. The van der Waals surface area contributed by atoms with Crippen LogP contribution in [0.25, 0.3) is 0 Å². The molecule has 3 fully saturated rings. The monoisotopic (exact) mass is 592 g/mol. The number of nitrogens with zero attached hydrogens (tertiary/aromatic N) is 3. The Kier molecular flexibility index (Phi) is 7.51. The van der Waals surface area contributed by atoms with E-state index >= 15 is 0 Å². The van der Waals surface area contributed by atoms with Crippen LogP contribution < -0.4 is 16.0 Å². The summed E-state index contributed by atoms with van der Waals surface area (Å²) in [6.07, 6.45) is 0.161. The van der Waals surface area contributed by atoms with Gasteiger partial charge < -0.3 is 41.1 Å². The Bertz CT molecular complexity index is 1350. The van der Waals surface area contributed by atoms with Gasteiger partial charge in [0.25, 0.3) is 5.91 Å². The number of amides is 7. The number of carbonyl (C=O) groups excluding carboxylic acids is 6. The molecule has 4 atom stereocenters. The van der Waals surface area contributed by atoms with Crippen molar-refractivity contribution in [1.29, 1.82) is 0 Å². The minimum Gasteiger partial charge on any atom is -0.504 e. The summed E-state index contributed by atoms with van der Waals surface area (Å²) < 4.78 is -1.01. The summed E-state index contributed by atoms with van der Waals surface area (Å²) in [7, 11) is 0. The topological polar surface area (TPSA) is 226 Å². The molecule has 0 unspecified atom stereocenters. The Labute approximate surface area is 237 Å². The number of urea groups is 1. The van der Waals surface area contributed by atoms with Crippen molar-refractivity contribution in [2.24, 2.45) is 0 Å². The third kappa shape index (κ3) is 4.75. The zero-order chi connectivity index (χ0) is 30.4. The van der Waals surface area contributed by atoms with Crippen molar-refractivity contribution in [2.45, 2.75) is 48.6 Å². The highest BCUT2D eigenvalue weighted by atomic mass is 32.2. The maximum atomic E-state index is 13.7. The van der Waals surface area contributed by atoms with Crippen molar-refractivity contribution in [3.63, 3.8) is 0 Å². The number of nitrogens with one attached hydrogen (secondary N) is 3. The highest BCUT2D eigenvalue weighted by Crippen LogP contribution is 2.54. The van der Waals surface area contributed by atoms with Crippen LogP contribution >= 0.6 is 11.8 Å². The molecule has 41 heavy (non-hydrogen) atoms. The molecular formula is C24H28N6O10S. The third-order valence-electron chi connectivity index (χ3n) is 7.19. The summed E-state index contributed by atoms with van der Waals surface area (Å²) in [6, 6.07) is -0.933. The maximum Gasteiger partial charge on any atom is 0.327 e. The molecule has 3 saturated heterocycles. The van der Waals surface area contributed by atoms with Crippen molar-refractivity contribution in [3.8, 4) is 11.5 Å². The smallest absolute Gasteiger partial charge is 0.327 e. The number of hydrogen-bond donors (Lipinski definition) is 6. The van der Waals surface area contributed by atoms with Gasteiger partial charge in [0.2, 0.25) is 18.0 Å². The first kappa shape index (κ1) is 29.4. The van der Waals surface area contributed by atoms with E-state index in [1.165, 1.54) is 11.0 Å². The van der Waals surface area contributed by atoms with Crippen molar-refractivity contribution in [2.75, 3.05) is 19.6 Å². The second-order valence-corrected chi connectivity index (χ2v) is 11.8. The van der Waals surface area contributed by atoms with E-state index in [2.05, 4.69) is 16.0 Å². The highest BCUT2D eigenvalue weighted by molar-refractivity contribution is 8.01. The number of imide groups is 1. The lowest BCUT2D eigenvalue weighted by atomic mass is 9.91. The van der Waals surface area contributed by atoms with Gasteiger partial charge in [0.1, 0.15) is 17.5 Å². The minimum atomic E-state index is -2.09. The highest BCUT2D eigenvalue weighted by Gasteiger charge is 2.72. The van der Waals surface area contributed by atoms with Crippen molar-refractivity contribution < 1.29 is 48.9 Å². The van der Waals surface area contributed by atoms with Gasteiger partial charge in [-0.15, -0.1) is 11.8 Å². The number of benzene rings is 1. The summed E-state index contributed by atoms with van der Waals surface area (Å²) in [5, 5.41) is 35.4. The normalized spacial score (nSPS) is 25.6. The molecule has 3 heterocycles. The number of aromatic hydroxyl groups is 2. The van der Waals surface area contributed by atoms with E-state index in [0.717, 1.165) is 28.8 Å². The summed E-state index contributed by atoms with van der Waals surface area (Å²) >= 11 is 1.03. The quantitative estimate of drug-likeness (QED) is 0.0652. The predicted octanol–water partition coefficient (Wildman–Crippen LogP) is -1.76. The molecule has 0 aliphatic carbocycles. The molecule has 3 aliphatic heterocycles. The standard InChI is InChI=1S/C24H28N6O10S/c1-4-28-7-8-29(18(36)17(28)35)22(40)26-14(11-5-6-12(32)13(33)9-11)16(34)27-24(25-10-31)20(39)30-15(19(37)38)23(2,3)41-21(24)30/h5-6,9-10,14-15,21,32-33H,4,7-8H2,1-3H3,(H,25,31)(H,26,40)(H,27,34)(H,37,38)/t14-,15-,21+,24-/m0/s1. The number of phenols is 2. The van der Waals surface area contributed by atoms with E-state index in [9.17, 15) is 48.9 Å².